The highest BCUT2D eigenvalue weighted by atomic mass is 16.4. The van der Waals surface area contributed by atoms with Crippen molar-refractivity contribution in [2.24, 2.45) is 0 Å². The number of hydrogen-bond donors (Lipinski definition) is 2. The average Bonchev–Trinajstić information content (AvgIpc) is 2.70. The second-order valence-corrected chi connectivity index (χ2v) is 3.54. The number of furan rings is 1. The fourth-order valence-corrected chi connectivity index (χ4v) is 1.50. The normalized spacial score (nSPS) is 10.3. The van der Waals surface area contributed by atoms with E-state index < -0.39 is 5.97 Å². The van der Waals surface area contributed by atoms with E-state index in [2.05, 4.69) is 0 Å². The van der Waals surface area contributed by atoms with Crippen LogP contribution in [0.25, 0.3) is 11.3 Å². The van der Waals surface area contributed by atoms with E-state index in [0.717, 1.165) is 11.1 Å². The molecule has 0 fully saturated rings. The second-order valence-electron chi connectivity index (χ2n) is 3.54. The predicted octanol–water partition coefficient (Wildman–Crippen LogP) is 2.54. The molecule has 0 atom stereocenters. The summed E-state index contributed by atoms with van der Waals surface area (Å²) < 4.78 is 5.21. The van der Waals surface area contributed by atoms with Crippen molar-refractivity contribution in [1.29, 1.82) is 0 Å². The smallest absolute Gasteiger partial charge is 0.371 e. The molecule has 0 aliphatic heterocycles. The molecule has 82 valence electrons. The van der Waals surface area contributed by atoms with Crippen LogP contribution in [0.3, 0.4) is 0 Å². The Morgan fingerprint density at radius 3 is 2.69 bits per heavy atom. The van der Waals surface area contributed by atoms with Gasteiger partial charge in [0.05, 0.1) is 0 Å². The number of benzene rings is 1. The Hall–Kier alpha value is -2.23. The Bertz CT molecular complexity index is 543. The van der Waals surface area contributed by atoms with Crippen LogP contribution >= 0.6 is 0 Å². The number of carbonyl (C=O) groups is 1. The third-order valence-corrected chi connectivity index (χ3v) is 2.34. The maximum atomic E-state index is 10.7. The highest BCUT2D eigenvalue weighted by Crippen LogP contribution is 2.27. The zero-order chi connectivity index (χ0) is 11.7. The molecule has 0 aliphatic carbocycles. The minimum absolute atomic E-state index is 0.0724. The first-order chi connectivity index (χ1) is 7.58. The van der Waals surface area contributed by atoms with Crippen LogP contribution in [0.2, 0.25) is 0 Å². The van der Waals surface area contributed by atoms with Crippen molar-refractivity contribution < 1.29 is 14.3 Å². The summed E-state index contributed by atoms with van der Waals surface area (Å²) in [7, 11) is 0. The molecule has 2 aromatic rings. The summed E-state index contributed by atoms with van der Waals surface area (Å²) in [5, 5.41) is 8.75. The van der Waals surface area contributed by atoms with Crippen molar-refractivity contribution in [3.05, 3.63) is 41.7 Å². The summed E-state index contributed by atoms with van der Waals surface area (Å²) in [6, 6.07) is 8.48. The summed E-state index contributed by atoms with van der Waals surface area (Å²) in [6.07, 6.45) is 0. The van der Waals surface area contributed by atoms with Crippen LogP contribution in [-0.2, 0) is 0 Å². The lowest BCUT2D eigenvalue weighted by Gasteiger charge is -2.03. The fraction of sp³-hybridized carbons (Fsp3) is 0.0833. The van der Waals surface area contributed by atoms with Crippen LogP contribution in [0, 0.1) is 6.92 Å². The summed E-state index contributed by atoms with van der Waals surface area (Å²) in [5.41, 5.74) is 8.09. The van der Waals surface area contributed by atoms with Gasteiger partial charge < -0.3 is 15.3 Å². The van der Waals surface area contributed by atoms with Gasteiger partial charge in [0.15, 0.2) is 0 Å². The van der Waals surface area contributed by atoms with E-state index in [1.165, 1.54) is 6.07 Å². The highest BCUT2D eigenvalue weighted by Gasteiger charge is 2.11. The van der Waals surface area contributed by atoms with Crippen LogP contribution in [0.1, 0.15) is 16.1 Å². The summed E-state index contributed by atoms with van der Waals surface area (Å²) in [6.45, 7) is 1.91. The van der Waals surface area contributed by atoms with E-state index >= 15 is 0 Å². The first-order valence-electron chi connectivity index (χ1n) is 4.77. The molecule has 2 rings (SSSR count). The molecule has 0 bridgehead atoms. The lowest BCUT2D eigenvalue weighted by atomic mass is 10.1. The SMILES string of the molecule is Cc1ccc(N)cc1-c1ccc(C(=O)O)o1. The van der Waals surface area contributed by atoms with E-state index in [9.17, 15) is 4.79 Å². The first-order valence-corrected chi connectivity index (χ1v) is 4.77. The zero-order valence-corrected chi connectivity index (χ0v) is 8.73. The number of rotatable bonds is 2. The van der Waals surface area contributed by atoms with E-state index in [4.69, 9.17) is 15.3 Å². The molecule has 0 amide bonds. The maximum absolute atomic E-state index is 10.7. The van der Waals surface area contributed by atoms with Crippen molar-refractivity contribution in [2.75, 3.05) is 5.73 Å². The molecule has 0 aliphatic rings. The number of aryl methyl sites for hydroxylation is 1. The van der Waals surface area contributed by atoms with E-state index in [0.29, 0.717) is 11.4 Å². The van der Waals surface area contributed by atoms with Crippen LogP contribution < -0.4 is 5.73 Å². The topological polar surface area (TPSA) is 76.5 Å². The fourth-order valence-electron chi connectivity index (χ4n) is 1.50. The Kier molecular flexibility index (Phi) is 2.40. The number of hydrogen-bond acceptors (Lipinski definition) is 3. The monoisotopic (exact) mass is 217 g/mol. The van der Waals surface area contributed by atoms with E-state index in [-0.39, 0.29) is 5.76 Å². The first kappa shape index (κ1) is 10.3. The molecule has 0 saturated heterocycles. The molecule has 16 heavy (non-hydrogen) atoms. The lowest BCUT2D eigenvalue weighted by molar-refractivity contribution is 0.0663. The standard InChI is InChI=1S/C12H11NO3/c1-7-2-3-8(13)6-9(7)10-4-5-11(16-10)12(14)15/h2-6H,13H2,1H3,(H,14,15). The minimum atomic E-state index is -1.08. The van der Waals surface area contributed by atoms with Crippen LogP contribution in [-0.4, -0.2) is 11.1 Å². The van der Waals surface area contributed by atoms with Gasteiger partial charge in [0.25, 0.3) is 0 Å². The molecule has 1 aromatic carbocycles. The van der Waals surface area contributed by atoms with E-state index in [1.807, 2.05) is 13.0 Å². The number of carboxylic acid groups (broad SMARTS) is 1. The summed E-state index contributed by atoms with van der Waals surface area (Å²) in [5.74, 6) is -0.633. The van der Waals surface area contributed by atoms with Gasteiger partial charge in [0.1, 0.15) is 5.76 Å². The van der Waals surface area contributed by atoms with Gasteiger partial charge in [0, 0.05) is 11.3 Å². The van der Waals surface area contributed by atoms with Gasteiger partial charge in [0.2, 0.25) is 5.76 Å². The molecule has 0 unspecified atom stereocenters. The van der Waals surface area contributed by atoms with Crippen molar-refractivity contribution in [2.45, 2.75) is 6.92 Å². The number of aromatic carboxylic acids is 1. The van der Waals surface area contributed by atoms with Gasteiger partial charge >= 0.3 is 5.97 Å². The van der Waals surface area contributed by atoms with Crippen molar-refractivity contribution in [3.8, 4) is 11.3 Å². The van der Waals surface area contributed by atoms with Crippen LogP contribution in [0.4, 0.5) is 5.69 Å². The van der Waals surface area contributed by atoms with Gasteiger partial charge in [-0.15, -0.1) is 0 Å². The number of nitrogen functional groups attached to an aromatic ring is 1. The van der Waals surface area contributed by atoms with Gasteiger partial charge in [-0.05, 0) is 36.8 Å². The van der Waals surface area contributed by atoms with Gasteiger partial charge in [-0.1, -0.05) is 6.07 Å². The van der Waals surface area contributed by atoms with Gasteiger partial charge in [-0.25, -0.2) is 4.79 Å². The number of carboxylic acids is 1. The Morgan fingerprint density at radius 2 is 2.06 bits per heavy atom. The van der Waals surface area contributed by atoms with E-state index in [1.54, 1.807) is 18.2 Å². The van der Waals surface area contributed by atoms with Gasteiger partial charge in [-0.2, -0.15) is 0 Å². The Labute approximate surface area is 92.3 Å². The second kappa shape index (κ2) is 3.73. The molecule has 0 radical (unpaired) electrons. The van der Waals surface area contributed by atoms with Crippen LogP contribution in [0.5, 0.6) is 0 Å². The van der Waals surface area contributed by atoms with Crippen LogP contribution in [0.15, 0.2) is 34.7 Å². The largest absolute Gasteiger partial charge is 0.475 e. The molecule has 1 aromatic heterocycles. The summed E-state index contributed by atoms with van der Waals surface area (Å²) >= 11 is 0. The number of anilines is 1. The molecule has 3 N–H and O–H groups in total. The molecule has 0 spiro atoms. The van der Waals surface area contributed by atoms with Crippen molar-refractivity contribution in [1.82, 2.24) is 0 Å². The van der Waals surface area contributed by atoms with Crippen molar-refractivity contribution >= 4 is 11.7 Å². The minimum Gasteiger partial charge on any atom is -0.475 e. The molecular formula is C12H11NO3. The quantitative estimate of drug-likeness (QED) is 0.758. The lowest BCUT2D eigenvalue weighted by Crippen LogP contribution is -1.92. The Morgan fingerprint density at radius 1 is 1.31 bits per heavy atom. The average molecular weight is 217 g/mol. The molecular weight excluding hydrogens is 206 g/mol. The molecule has 0 saturated carbocycles. The molecule has 4 nitrogen and oxygen atoms in total. The molecule has 4 heteroatoms. The Balaban J connectivity index is 2.50. The third kappa shape index (κ3) is 1.77. The number of nitrogens with two attached hydrogens (primary N) is 1. The van der Waals surface area contributed by atoms with Crippen molar-refractivity contribution in [3.63, 3.8) is 0 Å². The maximum Gasteiger partial charge on any atom is 0.371 e. The predicted molar refractivity (Wildman–Crippen MR) is 60.3 cm³/mol. The third-order valence-electron chi connectivity index (χ3n) is 2.34. The highest BCUT2D eigenvalue weighted by molar-refractivity contribution is 5.85. The van der Waals surface area contributed by atoms with Gasteiger partial charge in [-0.3, -0.25) is 0 Å². The molecule has 1 heterocycles. The zero-order valence-electron chi connectivity index (χ0n) is 8.73. The summed E-state index contributed by atoms with van der Waals surface area (Å²) in [4.78, 5) is 10.7.